The summed E-state index contributed by atoms with van der Waals surface area (Å²) in [7, 11) is 0. The lowest BCUT2D eigenvalue weighted by Gasteiger charge is -2.26. The van der Waals surface area contributed by atoms with Crippen LogP contribution in [0.15, 0.2) is 12.7 Å². The van der Waals surface area contributed by atoms with Crippen molar-refractivity contribution < 1.29 is 30.7 Å². The topological polar surface area (TPSA) is 0 Å². The van der Waals surface area contributed by atoms with Gasteiger partial charge < -0.3 is 0 Å². The minimum absolute atomic E-state index is 0.449. The molecule has 0 rings (SSSR count). The van der Waals surface area contributed by atoms with E-state index >= 15 is 0 Å². The molecular formula is C7H7F7. The van der Waals surface area contributed by atoms with Crippen molar-refractivity contribution in [3.8, 4) is 0 Å². The van der Waals surface area contributed by atoms with Crippen LogP contribution in [-0.4, -0.2) is 18.0 Å². The highest BCUT2D eigenvalue weighted by Crippen LogP contribution is 2.44. The third-order valence-corrected chi connectivity index (χ3v) is 1.36. The first-order chi connectivity index (χ1) is 6.02. The molecule has 14 heavy (non-hydrogen) atoms. The molecule has 0 nitrogen and oxygen atoms in total. The van der Waals surface area contributed by atoms with Crippen molar-refractivity contribution in [2.24, 2.45) is 0 Å². The lowest BCUT2D eigenvalue weighted by molar-refractivity contribution is -0.262. The standard InChI is InChI=1S/C7H7F7/c1-2-3-5(8,9)6(10,11)4-7(12,13)14/h2H,1,3-4H2. The summed E-state index contributed by atoms with van der Waals surface area (Å²) in [6.45, 7) is 2.76. The number of rotatable bonds is 4. The smallest absolute Gasteiger partial charge is 0.200 e. The van der Waals surface area contributed by atoms with Crippen LogP contribution in [0.25, 0.3) is 0 Å². The molecule has 0 spiro atoms. The Morgan fingerprint density at radius 1 is 0.857 bits per heavy atom. The Balaban J connectivity index is 4.67. The van der Waals surface area contributed by atoms with E-state index in [1.807, 2.05) is 0 Å². The first-order valence-corrected chi connectivity index (χ1v) is 3.45. The fourth-order valence-electron chi connectivity index (χ4n) is 0.712. The molecule has 0 atom stereocenters. The third kappa shape index (κ3) is 3.55. The number of alkyl halides is 7. The summed E-state index contributed by atoms with van der Waals surface area (Å²) in [4.78, 5) is 0. The van der Waals surface area contributed by atoms with E-state index in [4.69, 9.17) is 0 Å². The van der Waals surface area contributed by atoms with Crippen molar-refractivity contribution in [2.75, 3.05) is 0 Å². The third-order valence-electron chi connectivity index (χ3n) is 1.36. The number of hydrogen-bond acceptors (Lipinski definition) is 0. The van der Waals surface area contributed by atoms with E-state index in [1.54, 1.807) is 0 Å². The first kappa shape index (κ1) is 13.2. The van der Waals surface area contributed by atoms with Crippen molar-refractivity contribution >= 4 is 0 Å². The predicted octanol–water partition coefficient (Wildman–Crippen LogP) is 3.79. The Morgan fingerprint density at radius 3 is 1.57 bits per heavy atom. The van der Waals surface area contributed by atoms with Crippen LogP contribution in [0.3, 0.4) is 0 Å². The second-order valence-corrected chi connectivity index (χ2v) is 2.69. The molecule has 0 saturated carbocycles. The van der Waals surface area contributed by atoms with Gasteiger partial charge in [-0.2, -0.15) is 30.7 Å². The fraction of sp³-hybridized carbons (Fsp3) is 0.714. The maximum absolute atomic E-state index is 12.4. The van der Waals surface area contributed by atoms with Gasteiger partial charge in [-0.25, -0.2) is 0 Å². The van der Waals surface area contributed by atoms with E-state index in [2.05, 4.69) is 6.58 Å². The molecule has 0 aliphatic rings. The molecule has 0 aromatic rings. The van der Waals surface area contributed by atoms with Crippen LogP contribution in [-0.2, 0) is 0 Å². The van der Waals surface area contributed by atoms with Gasteiger partial charge in [0.1, 0.15) is 6.42 Å². The molecule has 0 aromatic carbocycles. The van der Waals surface area contributed by atoms with Crippen molar-refractivity contribution in [1.82, 2.24) is 0 Å². The summed E-state index contributed by atoms with van der Waals surface area (Å²) in [5.74, 6) is -9.82. The van der Waals surface area contributed by atoms with E-state index in [9.17, 15) is 30.7 Å². The summed E-state index contributed by atoms with van der Waals surface area (Å²) < 4.78 is 84.0. The Bertz CT molecular complexity index is 203. The van der Waals surface area contributed by atoms with Gasteiger partial charge >= 0.3 is 18.0 Å². The van der Waals surface area contributed by atoms with Gasteiger partial charge in [-0.15, -0.1) is 6.58 Å². The summed E-state index contributed by atoms with van der Waals surface area (Å²) in [6, 6.07) is 0. The molecule has 0 aliphatic heterocycles. The molecular weight excluding hydrogens is 217 g/mol. The van der Waals surface area contributed by atoms with E-state index in [0.717, 1.165) is 0 Å². The number of hydrogen-bond donors (Lipinski definition) is 0. The van der Waals surface area contributed by atoms with Crippen LogP contribution in [0.1, 0.15) is 12.8 Å². The van der Waals surface area contributed by atoms with Crippen LogP contribution in [0.2, 0.25) is 0 Å². The molecule has 0 saturated heterocycles. The average molecular weight is 224 g/mol. The van der Waals surface area contributed by atoms with Gasteiger partial charge in [-0.05, 0) is 0 Å². The second-order valence-electron chi connectivity index (χ2n) is 2.69. The lowest BCUT2D eigenvalue weighted by atomic mass is 10.1. The Labute approximate surface area is 75.4 Å². The zero-order chi connectivity index (χ0) is 11.6. The van der Waals surface area contributed by atoms with Crippen molar-refractivity contribution in [2.45, 2.75) is 30.9 Å². The maximum atomic E-state index is 12.4. The molecule has 84 valence electrons. The molecule has 0 heterocycles. The first-order valence-electron chi connectivity index (χ1n) is 3.45. The molecule has 0 aromatic heterocycles. The van der Waals surface area contributed by atoms with Gasteiger partial charge in [0.15, 0.2) is 0 Å². The zero-order valence-electron chi connectivity index (χ0n) is 6.84. The quantitative estimate of drug-likeness (QED) is 0.503. The minimum atomic E-state index is -5.33. The van der Waals surface area contributed by atoms with Crippen LogP contribution >= 0.6 is 0 Å². The highest BCUT2D eigenvalue weighted by Gasteiger charge is 2.59. The number of allylic oxidation sites excluding steroid dienone is 1. The normalized spacial score (nSPS) is 14.2. The van der Waals surface area contributed by atoms with Gasteiger partial charge in [0.05, 0.1) is 0 Å². The van der Waals surface area contributed by atoms with Crippen molar-refractivity contribution in [3.05, 3.63) is 12.7 Å². The van der Waals surface area contributed by atoms with Crippen LogP contribution < -0.4 is 0 Å². The molecule has 0 unspecified atom stereocenters. The van der Waals surface area contributed by atoms with Crippen molar-refractivity contribution in [3.63, 3.8) is 0 Å². The molecule has 0 radical (unpaired) electrons. The monoisotopic (exact) mass is 224 g/mol. The summed E-state index contributed by atoms with van der Waals surface area (Å²) >= 11 is 0. The van der Waals surface area contributed by atoms with E-state index in [1.165, 1.54) is 0 Å². The highest BCUT2D eigenvalue weighted by molar-refractivity contribution is 4.91. The van der Waals surface area contributed by atoms with Crippen LogP contribution in [0, 0.1) is 0 Å². The largest absolute Gasteiger partial charge is 0.395 e. The minimum Gasteiger partial charge on any atom is -0.200 e. The summed E-state index contributed by atoms with van der Waals surface area (Å²) in [5.41, 5.74) is 0. The number of halogens is 7. The predicted molar refractivity (Wildman–Crippen MR) is 35.4 cm³/mol. The Morgan fingerprint density at radius 2 is 1.29 bits per heavy atom. The second kappa shape index (κ2) is 3.78. The zero-order valence-corrected chi connectivity index (χ0v) is 6.84. The maximum Gasteiger partial charge on any atom is 0.395 e. The average Bonchev–Trinajstić information content (AvgIpc) is 1.79. The molecule has 0 amide bonds. The molecule has 7 heteroatoms. The van der Waals surface area contributed by atoms with Gasteiger partial charge in [0.25, 0.3) is 0 Å². The Hall–Kier alpha value is -0.750. The van der Waals surface area contributed by atoms with Gasteiger partial charge in [-0.1, -0.05) is 6.08 Å². The SMILES string of the molecule is C=CCC(F)(F)C(F)(F)CC(F)(F)F. The van der Waals surface area contributed by atoms with Gasteiger partial charge in [0.2, 0.25) is 0 Å². The Kier molecular flexibility index (Phi) is 3.58. The van der Waals surface area contributed by atoms with Gasteiger partial charge in [-0.3, -0.25) is 0 Å². The van der Waals surface area contributed by atoms with E-state index in [0.29, 0.717) is 6.08 Å². The fourth-order valence-corrected chi connectivity index (χ4v) is 0.712. The molecule has 0 aliphatic carbocycles. The lowest BCUT2D eigenvalue weighted by Crippen LogP contribution is -2.43. The summed E-state index contributed by atoms with van der Waals surface area (Å²) in [5, 5.41) is 0. The molecule has 0 bridgehead atoms. The van der Waals surface area contributed by atoms with E-state index < -0.39 is 30.9 Å². The molecule has 0 N–H and O–H groups in total. The van der Waals surface area contributed by atoms with Crippen molar-refractivity contribution in [1.29, 1.82) is 0 Å². The summed E-state index contributed by atoms with van der Waals surface area (Å²) in [6.07, 6.45) is -9.20. The van der Waals surface area contributed by atoms with Crippen LogP contribution in [0.4, 0.5) is 30.7 Å². The molecule has 0 fully saturated rings. The van der Waals surface area contributed by atoms with Gasteiger partial charge in [0, 0.05) is 6.42 Å². The highest BCUT2D eigenvalue weighted by atomic mass is 19.4. The van der Waals surface area contributed by atoms with Crippen LogP contribution in [0.5, 0.6) is 0 Å². The van der Waals surface area contributed by atoms with E-state index in [-0.39, 0.29) is 0 Å².